The summed E-state index contributed by atoms with van der Waals surface area (Å²) in [5.41, 5.74) is 0.696. The van der Waals surface area contributed by atoms with Gasteiger partial charge in [-0.3, -0.25) is 5.10 Å². The summed E-state index contributed by atoms with van der Waals surface area (Å²) >= 11 is 0. The summed E-state index contributed by atoms with van der Waals surface area (Å²) in [7, 11) is -1.82. The molecule has 0 aliphatic rings. The fourth-order valence-electron chi connectivity index (χ4n) is 1.29. The van der Waals surface area contributed by atoms with Crippen molar-refractivity contribution in [2.24, 2.45) is 7.05 Å². The van der Waals surface area contributed by atoms with Crippen molar-refractivity contribution in [3.63, 3.8) is 0 Å². The third-order valence-electron chi connectivity index (χ3n) is 2.37. The minimum absolute atomic E-state index is 0.0250. The molecule has 2 aromatic heterocycles. The normalized spacial score (nSPS) is 11.9. The number of imidazole rings is 1. The SMILES string of the molecule is Cc1nc(S(=O)(=O)NCc2ccn[nH]2)cn1C. The molecule has 0 aliphatic heterocycles. The summed E-state index contributed by atoms with van der Waals surface area (Å²) in [5.74, 6) is 0.645. The first kappa shape index (κ1) is 11.8. The van der Waals surface area contributed by atoms with Gasteiger partial charge >= 0.3 is 0 Å². The molecule has 2 N–H and O–H groups in total. The van der Waals surface area contributed by atoms with Gasteiger partial charge in [-0.15, -0.1) is 0 Å². The average Bonchev–Trinajstić information content (AvgIpc) is 2.87. The molecule has 0 atom stereocenters. The maximum Gasteiger partial charge on any atom is 0.259 e. The molecule has 2 aromatic rings. The number of sulfonamides is 1. The van der Waals surface area contributed by atoms with E-state index in [9.17, 15) is 8.42 Å². The molecule has 0 fully saturated rings. The Morgan fingerprint density at radius 3 is 2.82 bits per heavy atom. The van der Waals surface area contributed by atoms with Gasteiger partial charge in [-0.1, -0.05) is 0 Å². The van der Waals surface area contributed by atoms with Gasteiger partial charge in [0.2, 0.25) is 0 Å². The van der Waals surface area contributed by atoms with Crippen LogP contribution < -0.4 is 4.72 Å². The smallest absolute Gasteiger partial charge is 0.259 e. The Balaban J connectivity index is 2.14. The molecule has 0 radical (unpaired) electrons. The van der Waals surface area contributed by atoms with Gasteiger partial charge in [-0.05, 0) is 13.0 Å². The van der Waals surface area contributed by atoms with Gasteiger partial charge in [-0.25, -0.2) is 18.1 Å². The molecule has 2 rings (SSSR count). The largest absolute Gasteiger partial charge is 0.337 e. The number of aromatic amines is 1. The van der Waals surface area contributed by atoms with E-state index in [4.69, 9.17) is 0 Å². The van der Waals surface area contributed by atoms with Crippen LogP contribution in [0.4, 0.5) is 0 Å². The van der Waals surface area contributed by atoms with Crippen molar-refractivity contribution in [3.05, 3.63) is 30.0 Å². The zero-order chi connectivity index (χ0) is 12.5. The highest BCUT2D eigenvalue weighted by Gasteiger charge is 2.18. The van der Waals surface area contributed by atoms with E-state index >= 15 is 0 Å². The number of nitrogens with one attached hydrogen (secondary N) is 2. The number of H-pyrrole nitrogens is 1. The summed E-state index contributed by atoms with van der Waals surface area (Å²) in [6, 6.07) is 1.70. The van der Waals surface area contributed by atoms with Crippen molar-refractivity contribution in [3.8, 4) is 0 Å². The van der Waals surface area contributed by atoms with E-state index in [0.29, 0.717) is 11.5 Å². The fraction of sp³-hybridized carbons (Fsp3) is 0.333. The zero-order valence-electron chi connectivity index (χ0n) is 9.51. The third kappa shape index (κ3) is 2.53. The highest BCUT2D eigenvalue weighted by atomic mass is 32.2. The molecular formula is C9H13N5O2S. The van der Waals surface area contributed by atoms with Crippen molar-refractivity contribution < 1.29 is 8.42 Å². The lowest BCUT2D eigenvalue weighted by Gasteiger charge is -2.01. The number of hydrogen-bond donors (Lipinski definition) is 2. The van der Waals surface area contributed by atoms with Crippen LogP contribution in [0.3, 0.4) is 0 Å². The lowest BCUT2D eigenvalue weighted by molar-refractivity contribution is 0.577. The maximum absolute atomic E-state index is 11.9. The fourth-order valence-corrected chi connectivity index (χ4v) is 2.33. The predicted molar refractivity (Wildman–Crippen MR) is 60.6 cm³/mol. The number of hydrogen-bond acceptors (Lipinski definition) is 4. The highest BCUT2D eigenvalue weighted by Crippen LogP contribution is 2.07. The molecule has 8 heteroatoms. The molecule has 92 valence electrons. The molecule has 0 unspecified atom stereocenters. The quantitative estimate of drug-likeness (QED) is 0.799. The van der Waals surface area contributed by atoms with Gasteiger partial charge in [0.1, 0.15) is 5.82 Å². The number of aromatic nitrogens is 4. The topological polar surface area (TPSA) is 92.7 Å². The van der Waals surface area contributed by atoms with Crippen LogP contribution in [0.25, 0.3) is 0 Å². The van der Waals surface area contributed by atoms with E-state index in [-0.39, 0.29) is 11.6 Å². The number of rotatable bonds is 4. The van der Waals surface area contributed by atoms with E-state index in [2.05, 4.69) is 19.9 Å². The Morgan fingerprint density at radius 2 is 2.29 bits per heavy atom. The van der Waals surface area contributed by atoms with Gasteiger partial charge in [-0.2, -0.15) is 5.10 Å². The van der Waals surface area contributed by atoms with Gasteiger partial charge in [0.05, 0.1) is 12.2 Å². The second-order valence-electron chi connectivity index (χ2n) is 3.64. The van der Waals surface area contributed by atoms with Crippen molar-refractivity contribution in [1.82, 2.24) is 24.5 Å². The van der Waals surface area contributed by atoms with Gasteiger partial charge in [0.15, 0.2) is 5.03 Å². The van der Waals surface area contributed by atoms with Crippen molar-refractivity contribution in [2.75, 3.05) is 0 Å². The Bertz CT molecular complexity index is 580. The summed E-state index contributed by atoms with van der Waals surface area (Å²) < 4.78 is 27.8. The minimum Gasteiger partial charge on any atom is -0.337 e. The summed E-state index contributed by atoms with van der Waals surface area (Å²) in [6.07, 6.45) is 3.04. The number of nitrogens with zero attached hydrogens (tertiary/aromatic N) is 3. The molecule has 0 saturated heterocycles. The van der Waals surface area contributed by atoms with Crippen LogP contribution in [0.1, 0.15) is 11.5 Å². The van der Waals surface area contributed by atoms with Crippen molar-refractivity contribution in [1.29, 1.82) is 0 Å². The predicted octanol–water partition coefficient (Wildman–Crippen LogP) is -0.0699. The van der Waals surface area contributed by atoms with Gasteiger partial charge in [0.25, 0.3) is 10.0 Å². The first-order chi connectivity index (χ1) is 7.99. The Kier molecular flexibility index (Phi) is 2.99. The molecule has 2 heterocycles. The Labute approximate surface area is 98.9 Å². The van der Waals surface area contributed by atoms with Crippen molar-refractivity contribution >= 4 is 10.0 Å². The minimum atomic E-state index is -3.57. The van der Waals surface area contributed by atoms with Crippen LogP contribution in [-0.4, -0.2) is 28.2 Å². The van der Waals surface area contributed by atoms with Crippen molar-refractivity contribution in [2.45, 2.75) is 18.5 Å². The molecule has 0 aromatic carbocycles. The Hall–Kier alpha value is -1.67. The lowest BCUT2D eigenvalue weighted by Crippen LogP contribution is -2.23. The second kappa shape index (κ2) is 4.30. The van der Waals surface area contributed by atoms with E-state index in [1.807, 2.05) is 0 Å². The van der Waals surface area contributed by atoms with Crippen LogP contribution in [-0.2, 0) is 23.6 Å². The molecule has 0 aliphatic carbocycles. The molecule has 17 heavy (non-hydrogen) atoms. The molecule has 0 spiro atoms. The van der Waals surface area contributed by atoms with Crippen LogP contribution in [0.5, 0.6) is 0 Å². The Morgan fingerprint density at radius 1 is 1.53 bits per heavy atom. The maximum atomic E-state index is 11.9. The first-order valence-electron chi connectivity index (χ1n) is 4.97. The first-order valence-corrected chi connectivity index (χ1v) is 6.45. The van der Waals surface area contributed by atoms with Crippen LogP contribution in [0, 0.1) is 6.92 Å². The van der Waals surface area contributed by atoms with E-state index in [0.717, 1.165) is 0 Å². The highest BCUT2D eigenvalue weighted by molar-refractivity contribution is 7.89. The molecule has 0 bridgehead atoms. The van der Waals surface area contributed by atoms with E-state index in [1.54, 1.807) is 30.8 Å². The third-order valence-corrected chi connectivity index (χ3v) is 3.64. The molecule has 7 nitrogen and oxygen atoms in total. The van der Waals surface area contributed by atoms with E-state index < -0.39 is 10.0 Å². The van der Waals surface area contributed by atoms with E-state index in [1.165, 1.54) is 6.20 Å². The lowest BCUT2D eigenvalue weighted by atomic mass is 10.4. The second-order valence-corrected chi connectivity index (χ2v) is 5.36. The van der Waals surface area contributed by atoms with Crippen LogP contribution >= 0.6 is 0 Å². The summed E-state index contributed by atoms with van der Waals surface area (Å²) in [6.45, 7) is 1.91. The zero-order valence-corrected chi connectivity index (χ0v) is 10.3. The summed E-state index contributed by atoms with van der Waals surface area (Å²) in [4.78, 5) is 3.97. The average molecular weight is 255 g/mol. The monoisotopic (exact) mass is 255 g/mol. The molecule has 0 amide bonds. The van der Waals surface area contributed by atoms with Gasteiger partial charge < -0.3 is 4.57 Å². The summed E-state index contributed by atoms with van der Waals surface area (Å²) in [5, 5.41) is 6.43. The van der Waals surface area contributed by atoms with Gasteiger partial charge in [0, 0.05) is 19.4 Å². The number of aryl methyl sites for hydroxylation is 2. The van der Waals surface area contributed by atoms with Crippen LogP contribution in [0.15, 0.2) is 23.5 Å². The molecule has 0 saturated carbocycles. The standard InChI is InChI=1S/C9H13N5O2S/c1-7-12-9(6-14(7)2)17(15,16)11-5-8-3-4-10-13-8/h3-4,6,11H,5H2,1-2H3,(H,10,13). The molecular weight excluding hydrogens is 242 g/mol. The van der Waals surface area contributed by atoms with Crippen LogP contribution in [0.2, 0.25) is 0 Å².